The molecule has 0 fully saturated rings. The fourth-order valence-corrected chi connectivity index (χ4v) is 3.62. The first-order chi connectivity index (χ1) is 14.9. The number of nitrogens with zero attached hydrogens (tertiary/aromatic N) is 2. The number of anilines is 1. The lowest BCUT2D eigenvalue weighted by atomic mass is 10.2. The summed E-state index contributed by atoms with van der Waals surface area (Å²) in [6, 6.07) is 21.7. The van der Waals surface area contributed by atoms with E-state index in [4.69, 9.17) is 11.6 Å². The summed E-state index contributed by atoms with van der Waals surface area (Å²) >= 11 is 6.17. The molecule has 7 heteroatoms. The van der Waals surface area contributed by atoms with Crippen molar-refractivity contribution >= 4 is 34.2 Å². The summed E-state index contributed by atoms with van der Waals surface area (Å²) in [7, 11) is 0. The van der Waals surface area contributed by atoms with Crippen LogP contribution in [-0.2, 0) is 17.9 Å². The minimum Gasteiger partial charge on any atom is -0.325 e. The molecule has 0 saturated heterocycles. The Balaban J connectivity index is 1.76. The first-order valence-corrected chi connectivity index (χ1v) is 10.1. The number of aromatic nitrogens is 2. The van der Waals surface area contributed by atoms with Gasteiger partial charge in [-0.25, -0.2) is 0 Å². The lowest BCUT2D eigenvalue weighted by Gasteiger charge is -2.15. The predicted molar refractivity (Wildman–Crippen MR) is 123 cm³/mol. The molecule has 0 unspecified atom stereocenters. The second-order valence-corrected chi connectivity index (χ2v) is 7.75. The van der Waals surface area contributed by atoms with E-state index in [9.17, 15) is 14.4 Å². The van der Waals surface area contributed by atoms with E-state index in [1.807, 2.05) is 49.4 Å². The summed E-state index contributed by atoms with van der Waals surface area (Å²) in [6.45, 7) is 1.89. The summed E-state index contributed by atoms with van der Waals surface area (Å²) in [5.41, 5.74) is 2.05. The highest BCUT2D eigenvalue weighted by atomic mass is 35.5. The molecule has 1 aromatic heterocycles. The van der Waals surface area contributed by atoms with Gasteiger partial charge in [-0.15, -0.1) is 0 Å². The molecule has 0 radical (unpaired) electrons. The van der Waals surface area contributed by atoms with Crippen molar-refractivity contribution in [1.29, 1.82) is 0 Å². The Hall–Kier alpha value is -3.64. The molecule has 0 aliphatic carbocycles. The van der Waals surface area contributed by atoms with Crippen LogP contribution in [0.1, 0.15) is 11.1 Å². The van der Waals surface area contributed by atoms with Crippen molar-refractivity contribution in [2.24, 2.45) is 0 Å². The average Bonchev–Trinajstić information content (AvgIpc) is 2.76. The summed E-state index contributed by atoms with van der Waals surface area (Å²) in [5.74, 6) is -0.410. The number of fused-ring (bicyclic) bond motifs is 1. The molecule has 1 heterocycles. The third kappa shape index (κ3) is 4.44. The van der Waals surface area contributed by atoms with Gasteiger partial charge in [0.2, 0.25) is 5.91 Å². The van der Waals surface area contributed by atoms with Crippen LogP contribution >= 0.6 is 11.6 Å². The van der Waals surface area contributed by atoms with E-state index in [0.29, 0.717) is 21.7 Å². The van der Waals surface area contributed by atoms with Gasteiger partial charge in [0.25, 0.3) is 0 Å². The second-order valence-electron chi connectivity index (χ2n) is 7.32. The molecule has 4 aromatic rings. The molecule has 0 aliphatic rings. The van der Waals surface area contributed by atoms with E-state index in [0.717, 1.165) is 11.1 Å². The normalized spacial score (nSPS) is 10.9. The second kappa shape index (κ2) is 8.62. The van der Waals surface area contributed by atoms with Crippen molar-refractivity contribution in [3.8, 4) is 0 Å². The largest absolute Gasteiger partial charge is 0.325 e. The number of hydrogen-bond acceptors (Lipinski definition) is 3. The van der Waals surface area contributed by atoms with Crippen LogP contribution in [0.4, 0.5) is 5.69 Å². The molecule has 0 saturated carbocycles. The van der Waals surface area contributed by atoms with Crippen molar-refractivity contribution in [3.63, 3.8) is 0 Å². The van der Waals surface area contributed by atoms with E-state index in [-0.39, 0.29) is 13.1 Å². The van der Waals surface area contributed by atoms with Crippen LogP contribution in [0.15, 0.2) is 82.4 Å². The van der Waals surface area contributed by atoms with Crippen molar-refractivity contribution < 1.29 is 4.79 Å². The number of benzene rings is 3. The lowest BCUT2D eigenvalue weighted by molar-refractivity contribution is -0.116. The zero-order valence-corrected chi connectivity index (χ0v) is 17.6. The van der Waals surface area contributed by atoms with Gasteiger partial charge >= 0.3 is 11.1 Å². The van der Waals surface area contributed by atoms with E-state index in [1.54, 1.807) is 30.3 Å². The molecule has 0 atom stereocenters. The molecule has 1 N–H and O–H groups in total. The molecule has 31 heavy (non-hydrogen) atoms. The maximum absolute atomic E-state index is 12.9. The number of nitrogens with one attached hydrogen (secondary N) is 1. The smallest absolute Gasteiger partial charge is 0.317 e. The molecule has 1 amide bonds. The van der Waals surface area contributed by atoms with Gasteiger partial charge in [0.05, 0.1) is 17.6 Å². The summed E-state index contributed by atoms with van der Waals surface area (Å²) in [6.07, 6.45) is 0. The minimum atomic E-state index is -0.773. The maximum Gasteiger partial charge on any atom is 0.317 e. The first-order valence-electron chi connectivity index (χ1n) is 9.76. The van der Waals surface area contributed by atoms with Crippen molar-refractivity contribution in [1.82, 2.24) is 9.13 Å². The Morgan fingerprint density at radius 2 is 1.55 bits per heavy atom. The monoisotopic (exact) mass is 433 g/mol. The van der Waals surface area contributed by atoms with E-state index in [2.05, 4.69) is 5.32 Å². The molecule has 3 aromatic carbocycles. The molecule has 0 aliphatic heterocycles. The minimum absolute atomic E-state index is 0.240. The zero-order chi connectivity index (χ0) is 22.0. The quantitative estimate of drug-likeness (QED) is 0.486. The highest BCUT2D eigenvalue weighted by Gasteiger charge is 2.16. The van der Waals surface area contributed by atoms with Gasteiger partial charge in [-0.1, -0.05) is 59.6 Å². The predicted octanol–water partition coefficient (Wildman–Crippen LogP) is 3.81. The van der Waals surface area contributed by atoms with Crippen LogP contribution in [0.5, 0.6) is 0 Å². The highest BCUT2D eigenvalue weighted by molar-refractivity contribution is 6.31. The zero-order valence-electron chi connectivity index (χ0n) is 16.8. The average molecular weight is 434 g/mol. The molecule has 6 nitrogen and oxygen atoms in total. The van der Waals surface area contributed by atoms with E-state index in [1.165, 1.54) is 9.13 Å². The third-order valence-electron chi connectivity index (χ3n) is 5.01. The van der Waals surface area contributed by atoms with Crippen LogP contribution in [0, 0.1) is 6.92 Å². The van der Waals surface area contributed by atoms with Gasteiger partial charge in [0.15, 0.2) is 0 Å². The Kier molecular flexibility index (Phi) is 5.73. The van der Waals surface area contributed by atoms with Crippen LogP contribution in [-0.4, -0.2) is 15.0 Å². The number of hydrogen-bond donors (Lipinski definition) is 1. The number of carbonyl (C=O) groups is 1. The SMILES string of the molecule is Cc1ccc(NC(=O)Cn2c(=O)c(=O)n(Cc3ccccc3)c3ccc(Cl)cc32)cc1. The van der Waals surface area contributed by atoms with E-state index >= 15 is 0 Å². The van der Waals surface area contributed by atoms with Crippen LogP contribution < -0.4 is 16.4 Å². The third-order valence-corrected chi connectivity index (χ3v) is 5.25. The number of halogens is 1. The topological polar surface area (TPSA) is 73.1 Å². The standard InChI is InChI=1S/C24H20ClN3O3/c1-16-7-10-19(11-8-16)26-22(29)15-28-21-13-18(25)9-12-20(21)27(23(30)24(28)31)14-17-5-3-2-4-6-17/h2-13H,14-15H2,1H3,(H,26,29). The highest BCUT2D eigenvalue weighted by Crippen LogP contribution is 2.18. The van der Waals surface area contributed by atoms with Gasteiger partial charge in [-0.05, 0) is 42.8 Å². The van der Waals surface area contributed by atoms with Crippen molar-refractivity contribution in [2.75, 3.05) is 5.32 Å². The number of amides is 1. The molecule has 156 valence electrons. The van der Waals surface area contributed by atoms with Gasteiger partial charge in [0.1, 0.15) is 6.54 Å². The summed E-state index contributed by atoms with van der Waals surface area (Å²) < 4.78 is 2.59. The summed E-state index contributed by atoms with van der Waals surface area (Å²) in [4.78, 5) is 38.5. The molecule has 4 rings (SSSR count). The van der Waals surface area contributed by atoms with Crippen LogP contribution in [0.25, 0.3) is 11.0 Å². The van der Waals surface area contributed by atoms with Gasteiger partial charge < -0.3 is 5.32 Å². The Morgan fingerprint density at radius 1 is 0.871 bits per heavy atom. The van der Waals surface area contributed by atoms with Crippen molar-refractivity contribution in [3.05, 3.63) is 110 Å². The number of carbonyl (C=O) groups excluding carboxylic acids is 1. The Labute approximate surface area is 183 Å². The van der Waals surface area contributed by atoms with Crippen LogP contribution in [0.3, 0.4) is 0 Å². The molecule has 0 spiro atoms. The Bertz CT molecular complexity index is 1370. The number of rotatable bonds is 5. The fraction of sp³-hybridized carbons (Fsp3) is 0.125. The van der Waals surface area contributed by atoms with Crippen molar-refractivity contribution in [2.45, 2.75) is 20.0 Å². The van der Waals surface area contributed by atoms with Gasteiger partial charge in [0, 0.05) is 10.7 Å². The van der Waals surface area contributed by atoms with Gasteiger partial charge in [-0.2, -0.15) is 0 Å². The first kappa shape index (κ1) is 20.6. The van der Waals surface area contributed by atoms with E-state index < -0.39 is 17.0 Å². The van der Waals surface area contributed by atoms with Gasteiger partial charge in [-0.3, -0.25) is 23.5 Å². The maximum atomic E-state index is 12.9. The Morgan fingerprint density at radius 3 is 2.26 bits per heavy atom. The molecular weight excluding hydrogens is 414 g/mol. The molecule has 0 bridgehead atoms. The number of aryl methyl sites for hydroxylation is 1. The van der Waals surface area contributed by atoms with Crippen LogP contribution in [0.2, 0.25) is 5.02 Å². The summed E-state index contributed by atoms with van der Waals surface area (Å²) in [5, 5.41) is 3.16. The molecular formula is C24H20ClN3O3. The lowest BCUT2D eigenvalue weighted by Crippen LogP contribution is -2.43. The fourth-order valence-electron chi connectivity index (χ4n) is 3.45.